The highest BCUT2D eigenvalue weighted by Gasteiger charge is 2.27. The average Bonchev–Trinajstić information content (AvgIpc) is 3.16. The third kappa shape index (κ3) is 4.74. The van der Waals surface area contributed by atoms with Gasteiger partial charge in [-0.25, -0.2) is 13.1 Å². The minimum atomic E-state index is -3.58. The van der Waals surface area contributed by atoms with Gasteiger partial charge in [-0.2, -0.15) is 0 Å². The molecular formula is C23H29N3O3S. The van der Waals surface area contributed by atoms with Gasteiger partial charge < -0.3 is 10.2 Å². The zero-order valence-electron chi connectivity index (χ0n) is 17.3. The number of benzene rings is 2. The predicted molar refractivity (Wildman–Crippen MR) is 117 cm³/mol. The van der Waals surface area contributed by atoms with Gasteiger partial charge in [0.2, 0.25) is 10.0 Å². The molecule has 1 amide bonds. The second kappa shape index (κ2) is 8.88. The van der Waals surface area contributed by atoms with Crippen molar-refractivity contribution < 1.29 is 13.2 Å². The fourth-order valence-electron chi connectivity index (χ4n) is 4.31. The maximum Gasteiger partial charge on any atom is 0.251 e. The number of nitrogens with one attached hydrogen (secondary N) is 2. The van der Waals surface area contributed by atoms with E-state index in [1.54, 1.807) is 24.3 Å². The van der Waals surface area contributed by atoms with E-state index in [9.17, 15) is 13.2 Å². The third-order valence-electron chi connectivity index (χ3n) is 6.25. The van der Waals surface area contributed by atoms with Gasteiger partial charge in [0.15, 0.2) is 0 Å². The molecule has 2 N–H and O–H groups in total. The van der Waals surface area contributed by atoms with E-state index in [0.717, 1.165) is 49.9 Å². The minimum absolute atomic E-state index is 0.137. The van der Waals surface area contributed by atoms with Gasteiger partial charge in [-0.1, -0.05) is 24.3 Å². The van der Waals surface area contributed by atoms with Crippen LogP contribution >= 0.6 is 0 Å². The number of sulfonamides is 1. The first kappa shape index (κ1) is 21.0. The fourth-order valence-corrected chi connectivity index (χ4v) is 5.46. The highest BCUT2D eigenvalue weighted by Crippen LogP contribution is 2.33. The molecule has 0 bridgehead atoms. The summed E-state index contributed by atoms with van der Waals surface area (Å²) in [7, 11) is -1.48. The van der Waals surface area contributed by atoms with Crippen molar-refractivity contribution in [3.63, 3.8) is 0 Å². The maximum absolute atomic E-state index is 12.9. The number of likely N-dealkylation sites (tertiary alicyclic amines) is 1. The minimum Gasteiger partial charge on any atom is -0.345 e. The first-order valence-corrected chi connectivity index (χ1v) is 12.1. The van der Waals surface area contributed by atoms with Gasteiger partial charge in [-0.05, 0) is 87.1 Å². The molecule has 1 unspecified atom stereocenters. The molecule has 1 saturated heterocycles. The summed E-state index contributed by atoms with van der Waals surface area (Å²) in [5.41, 5.74) is 2.61. The molecule has 1 heterocycles. The lowest BCUT2D eigenvalue weighted by Gasteiger charge is -2.28. The van der Waals surface area contributed by atoms with E-state index in [4.69, 9.17) is 0 Å². The van der Waals surface area contributed by atoms with Gasteiger partial charge in [0.1, 0.15) is 0 Å². The number of hydrogen-bond donors (Lipinski definition) is 2. The molecule has 2 aromatic carbocycles. The van der Waals surface area contributed by atoms with Crippen LogP contribution in [0.2, 0.25) is 0 Å². The van der Waals surface area contributed by atoms with Gasteiger partial charge in [-0.3, -0.25) is 4.79 Å². The Morgan fingerprint density at radius 2 is 1.80 bits per heavy atom. The molecule has 1 aliphatic carbocycles. The van der Waals surface area contributed by atoms with Crippen molar-refractivity contribution in [2.45, 2.75) is 36.6 Å². The lowest BCUT2D eigenvalue weighted by Crippen LogP contribution is -2.36. The molecule has 2 aliphatic rings. The summed E-state index contributed by atoms with van der Waals surface area (Å²) in [6, 6.07) is 14.2. The number of hydrogen-bond acceptors (Lipinski definition) is 4. The third-order valence-corrected chi connectivity index (χ3v) is 7.67. The lowest BCUT2D eigenvalue weighted by atomic mass is 9.98. The normalized spacial score (nSPS) is 20.1. The number of carbonyl (C=O) groups excluding carboxylic acids is 1. The van der Waals surface area contributed by atoms with E-state index < -0.39 is 10.0 Å². The van der Waals surface area contributed by atoms with E-state index in [0.29, 0.717) is 18.0 Å². The van der Waals surface area contributed by atoms with Crippen molar-refractivity contribution in [1.29, 1.82) is 0 Å². The van der Waals surface area contributed by atoms with Crippen molar-refractivity contribution in [3.8, 4) is 0 Å². The van der Waals surface area contributed by atoms with Gasteiger partial charge in [-0.15, -0.1) is 0 Å². The van der Waals surface area contributed by atoms with Crippen LogP contribution in [0.25, 0.3) is 0 Å². The van der Waals surface area contributed by atoms with Gasteiger partial charge in [0.25, 0.3) is 5.91 Å². The Morgan fingerprint density at radius 3 is 2.53 bits per heavy atom. The molecule has 2 aromatic rings. The van der Waals surface area contributed by atoms with E-state index in [1.807, 2.05) is 24.3 Å². The lowest BCUT2D eigenvalue weighted by molar-refractivity contribution is 0.0936. The summed E-state index contributed by atoms with van der Waals surface area (Å²) in [4.78, 5) is 15.1. The number of carbonyl (C=O) groups is 1. The van der Waals surface area contributed by atoms with E-state index >= 15 is 0 Å². The second-order valence-corrected chi connectivity index (χ2v) is 10.2. The maximum atomic E-state index is 12.9. The van der Waals surface area contributed by atoms with Crippen LogP contribution in [0.5, 0.6) is 0 Å². The van der Waals surface area contributed by atoms with Crippen molar-refractivity contribution in [1.82, 2.24) is 14.9 Å². The fraction of sp³-hybridized carbons (Fsp3) is 0.435. The van der Waals surface area contributed by atoms with Crippen LogP contribution in [0.15, 0.2) is 53.4 Å². The molecule has 1 fully saturated rings. The number of amides is 1. The highest BCUT2D eigenvalue weighted by molar-refractivity contribution is 7.89. The van der Waals surface area contributed by atoms with Crippen LogP contribution in [0, 0.1) is 5.92 Å². The molecule has 0 spiro atoms. The quantitative estimate of drug-likeness (QED) is 0.743. The Labute approximate surface area is 178 Å². The van der Waals surface area contributed by atoms with Crippen LogP contribution in [-0.2, 0) is 16.4 Å². The first-order valence-electron chi connectivity index (χ1n) is 10.6. The zero-order chi connectivity index (χ0) is 21.1. The Hall–Kier alpha value is -2.22. The summed E-state index contributed by atoms with van der Waals surface area (Å²) >= 11 is 0. The highest BCUT2D eigenvalue weighted by atomic mass is 32.2. The largest absolute Gasteiger partial charge is 0.345 e. The van der Waals surface area contributed by atoms with Crippen LogP contribution in [0.4, 0.5) is 0 Å². The van der Waals surface area contributed by atoms with E-state index in [1.165, 1.54) is 0 Å². The summed E-state index contributed by atoms with van der Waals surface area (Å²) in [6.07, 6.45) is 3.63. The molecule has 4 rings (SSSR count). The summed E-state index contributed by atoms with van der Waals surface area (Å²) in [6.45, 7) is 2.49. The molecule has 1 aliphatic heterocycles. The van der Waals surface area contributed by atoms with Gasteiger partial charge in [0, 0.05) is 12.1 Å². The van der Waals surface area contributed by atoms with Gasteiger partial charge in [0.05, 0.1) is 10.9 Å². The summed E-state index contributed by atoms with van der Waals surface area (Å²) in [5, 5.41) is 3.06. The molecule has 0 radical (unpaired) electrons. The molecule has 160 valence electrons. The van der Waals surface area contributed by atoms with Crippen LogP contribution < -0.4 is 10.0 Å². The predicted octanol–water partition coefficient (Wildman–Crippen LogP) is 2.72. The van der Waals surface area contributed by atoms with E-state index in [2.05, 4.69) is 22.0 Å². The van der Waals surface area contributed by atoms with Crippen LogP contribution in [0.3, 0.4) is 0 Å². The standard InChI is InChI=1S/C23H29N3O3S/c1-26-13-11-17(12-14-26)16-24-30(28,29)20-9-7-18-8-10-22(21(18)15-20)25-23(27)19-5-3-2-4-6-19/h2-7,9,15,17,22,24H,8,10-14,16H2,1H3,(H,25,27). The first-order chi connectivity index (χ1) is 14.4. The Kier molecular flexibility index (Phi) is 6.22. The molecule has 1 atom stereocenters. The monoisotopic (exact) mass is 427 g/mol. The molecule has 0 aromatic heterocycles. The molecule has 7 heteroatoms. The number of nitrogens with zero attached hydrogens (tertiary/aromatic N) is 1. The van der Waals surface area contributed by atoms with Crippen molar-refractivity contribution in [2.75, 3.05) is 26.7 Å². The summed E-state index contributed by atoms with van der Waals surface area (Å²) < 4.78 is 28.6. The number of piperidine rings is 1. The number of rotatable bonds is 6. The Morgan fingerprint density at radius 1 is 1.07 bits per heavy atom. The zero-order valence-corrected chi connectivity index (χ0v) is 18.1. The van der Waals surface area contributed by atoms with E-state index in [-0.39, 0.29) is 16.8 Å². The summed E-state index contributed by atoms with van der Waals surface area (Å²) in [5.74, 6) is 0.241. The molecule has 6 nitrogen and oxygen atoms in total. The molecule has 30 heavy (non-hydrogen) atoms. The van der Waals surface area contributed by atoms with Crippen LogP contribution in [-0.4, -0.2) is 45.9 Å². The van der Waals surface area contributed by atoms with Crippen molar-refractivity contribution in [2.24, 2.45) is 5.92 Å². The Balaban J connectivity index is 1.45. The van der Waals surface area contributed by atoms with Crippen molar-refractivity contribution >= 4 is 15.9 Å². The SMILES string of the molecule is CN1CCC(CNS(=O)(=O)c2ccc3c(c2)C(NC(=O)c2ccccc2)CC3)CC1. The number of fused-ring (bicyclic) bond motifs is 1. The van der Waals surface area contributed by atoms with Crippen molar-refractivity contribution in [3.05, 3.63) is 65.2 Å². The smallest absolute Gasteiger partial charge is 0.251 e. The average molecular weight is 428 g/mol. The van der Waals surface area contributed by atoms with Gasteiger partial charge >= 0.3 is 0 Å². The Bertz CT molecular complexity index is 1000. The van der Waals surface area contributed by atoms with Crippen LogP contribution in [0.1, 0.15) is 46.8 Å². The molecule has 0 saturated carbocycles. The second-order valence-electron chi connectivity index (χ2n) is 8.39. The number of aryl methyl sites for hydroxylation is 1. The topological polar surface area (TPSA) is 78.5 Å². The molecular weight excluding hydrogens is 398 g/mol.